The van der Waals surface area contributed by atoms with Gasteiger partial charge in [0.1, 0.15) is 23.1 Å². The normalized spacial score (nSPS) is 15.4. The van der Waals surface area contributed by atoms with Crippen LogP contribution in [-0.2, 0) is 6.42 Å². The van der Waals surface area contributed by atoms with Gasteiger partial charge < -0.3 is 14.8 Å². The van der Waals surface area contributed by atoms with Gasteiger partial charge in [-0.2, -0.15) is 0 Å². The monoisotopic (exact) mass is 315 g/mol. The molecule has 1 heterocycles. The number of nitrogens with one attached hydrogen (secondary N) is 1. The van der Waals surface area contributed by atoms with Crippen LogP contribution in [0.3, 0.4) is 0 Å². The second-order valence-electron chi connectivity index (χ2n) is 5.93. The van der Waals surface area contributed by atoms with Crippen LogP contribution < -0.4 is 14.8 Å². The average molecular weight is 315 g/mol. The van der Waals surface area contributed by atoms with Gasteiger partial charge in [-0.1, -0.05) is 6.07 Å². The molecule has 4 heteroatoms. The fourth-order valence-corrected chi connectivity index (χ4v) is 2.96. The second-order valence-corrected chi connectivity index (χ2v) is 5.93. The van der Waals surface area contributed by atoms with Crippen LogP contribution in [0.4, 0.5) is 4.39 Å². The van der Waals surface area contributed by atoms with E-state index in [9.17, 15) is 4.39 Å². The third-order valence-electron chi connectivity index (χ3n) is 4.28. The van der Waals surface area contributed by atoms with Gasteiger partial charge in [0.15, 0.2) is 0 Å². The molecule has 3 nitrogen and oxygen atoms in total. The van der Waals surface area contributed by atoms with Crippen molar-refractivity contribution in [3.63, 3.8) is 0 Å². The Balaban J connectivity index is 1.77. The van der Waals surface area contributed by atoms with Gasteiger partial charge >= 0.3 is 0 Å². The Bertz CT molecular complexity index is 636. The fourth-order valence-electron chi connectivity index (χ4n) is 2.96. The maximum absolute atomic E-state index is 13.6. The minimum absolute atomic E-state index is 0.275. The molecule has 0 saturated carbocycles. The predicted molar refractivity (Wildman–Crippen MR) is 88.8 cm³/mol. The molecule has 0 radical (unpaired) electrons. The summed E-state index contributed by atoms with van der Waals surface area (Å²) in [6.07, 6.45) is 3.23. The van der Waals surface area contributed by atoms with Crippen molar-refractivity contribution in [2.24, 2.45) is 5.92 Å². The molecule has 0 bridgehead atoms. The second kappa shape index (κ2) is 7.47. The Labute approximate surface area is 136 Å². The highest BCUT2D eigenvalue weighted by molar-refractivity contribution is 5.40. The highest BCUT2D eigenvalue weighted by Crippen LogP contribution is 2.30. The third kappa shape index (κ3) is 4.23. The molecular weight excluding hydrogens is 293 g/mol. The lowest BCUT2D eigenvalue weighted by atomic mass is 9.90. The van der Waals surface area contributed by atoms with E-state index < -0.39 is 0 Å². The van der Waals surface area contributed by atoms with Gasteiger partial charge in [-0.25, -0.2) is 4.39 Å². The number of hydrogen-bond acceptors (Lipinski definition) is 3. The molecule has 0 atom stereocenters. The first-order chi connectivity index (χ1) is 11.2. The summed E-state index contributed by atoms with van der Waals surface area (Å²) in [6, 6.07) is 12.2. The summed E-state index contributed by atoms with van der Waals surface area (Å²) >= 11 is 0. The van der Waals surface area contributed by atoms with Crippen molar-refractivity contribution in [2.75, 3.05) is 20.2 Å². The molecule has 1 N–H and O–H groups in total. The molecule has 1 aliphatic heterocycles. The standard InChI is InChI=1S/C19H22FNO2/c1-22-17-4-6-18(7-5-17)23-19-13-16(20)3-2-15(19)12-14-8-10-21-11-9-14/h2-7,13-14,21H,8-12H2,1H3. The molecule has 0 aromatic heterocycles. The number of rotatable bonds is 5. The molecule has 0 unspecified atom stereocenters. The lowest BCUT2D eigenvalue weighted by Crippen LogP contribution is -2.28. The Morgan fingerprint density at radius 1 is 1.04 bits per heavy atom. The Kier molecular flexibility index (Phi) is 5.13. The van der Waals surface area contributed by atoms with Crippen LogP contribution in [0.5, 0.6) is 17.2 Å². The van der Waals surface area contributed by atoms with E-state index in [1.54, 1.807) is 7.11 Å². The van der Waals surface area contributed by atoms with Gasteiger partial charge in [0, 0.05) is 6.07 Å². The van der Waals surface area contributed by atoms with Crippen LogP contribution in [0, 0.1) is 11.7 Å². The maximum Gasteiger partial charge on any atom is 0.133 e. The molecular formula is C19H22FNO2. The van der Waals surface area contributed by atoms with Gasteiger partial charge in [-0.05, 0) is 74.2 Å². The summed E-state index contributed by atoms with van der Waals surface area (Å²) in [6.45, 7) is 2.11. The summed E-state index contributed by atoms with van der Waals surface area (Å²) in [5.41, 5.74) is 1.06. The first-order valence-electron chi connectivity index (χ1n) is 8.05. The first-order valence-corrected chi connectivity index (χ1v) is 8.05. The van der Waals surface area contributed by atoms with Crippen molar-refractivity contribution in [2.45, 2.75) is 19.3 Å². The van der Waals surface area contributed by atoms with Crippen LogP contribution >= 0.6 is 0 Å². The number of methoxy groups -OCH3 is 1. The van der Waals surface area contributed by atoms with Gasteiger partial charge in [-0.3, -0.25) is 0 Å². The minimum Gasteiger partial charge on any atom is -0.497 e. The van der Waals surface area contributed by atoms with Gasteiger partial charge in [0.2, 0.25) is 0 Å². The van der Waals surface area contributed by atoms with Crippen molar-refractivity contribution in [1.82, 2.24) is 5.32 Å². The van der Waals surface area contributed by atoms with Crippen LogP contribution in [0.1, 0.15) is 18.4 Å². The van der Waals surface area contributed by atoms with Crippen molar-refractivity contribution >= 4 is 0 Å². The van der Waals surface area contributed by atoms with E-state index in [4.69, 9.17) is 9.47 Å². The van der Waals surface area contributed by atoms with E-state index in [0.717, 1.165) is 43.7 Å². The number of hydrogen-bond donors (Lipinski definition) is 1. The van der Waals surface area contributed by atoms with E-state index in [-0.39, 0.29) is 5.82 Å². The lowest BCUT2D eigenvalue weighted by molar-refractivity contribution is 0.367. The van der Waals surface area contributed by atoms with Crippen molar-refractivity contribution < 1.29 is 13.9 Å². The van der Waals surface area contributed by atoms with Crippen LogP contribution in [0.2, 0.25) is 0 Å². The SMILES string of the molecule is COc1ccc(Oc2cc(F)ccc2CC2CCNCC2)cc1. The van der Waals surface area contributed by atoms with E-state index in [2.05, 4.69) is 5.32 Å². The quantitative estimate of drug-likeness (QED) is 0.898. The highest BCUT2D eigenvalue weighted by atomic mass is 19.1. The summed E-state index contributed by atoms with van der Waals surface area (Å²) in [7, 11) is 1.62. The first kappa shape index (κ1) is 15.8. The van der Waals surface area contributed by atoms with E-state index in [1.807, 2.05) is 30.3 Å². The van der Waals surface area contributed by atoms with Gasteiger partial charge in [-0.15, -0.1) is 0 Å². The molecule has 1 fully saturated rings. The zero-order chi connectivity index (χ0) is 16.1. The number of benzene rings is 2. The lowest BCUT2D eigenvalue weighted by Gasteiger charge is -2.23. The predicted octanol–water partition coefficient (Wildman–Crippen LogP) is 4.17. The van der Waals surface area contributed by atoms with Crippen LogP contribution in [-0.4, -0.2) is 20.2 Å². The summed E-state index contributed by atoms with van der Waals surface area (Å²) in [5.74, 6) is 2.41. The summed E-state index contributed by atoms with van der Waals surface area (Å²) < 4.78 is 24.7. The van der Waals surface area contributed by atoms with E-state index in [0.29, 0.717) is 17.4 Å². The number of ether oxygens (including phenoxy) is 2. The molecule has 1 aliphatic rings. The fraction of sp³-hybridized carbons (Fsp3) is 0.368. The van der Waals surface area contributed by atoms with Crippen molar-refractivity contribution in [1.29, 1.82) is 0 Å². The van der Waals surface area contributed by atoms with E-state index >= 15 is 0 Å². The molecule has 1 saturated heterocycles. The smallest absolute Gasteiger partial charge is 0.133 e. The molecule has 3 rings (SSSR count). The Morgan fingerprint density at radius 2 is 1.74 bits per heavy atom. The molecule has 0 aliphatic carbocycles. The summed E-state index contributed by atoms with van der Waals surface area (Å²) in [5, 5.41) is 3.37. The number of halogens is 1. The molecule has 23 heavy (non-hydrogen) atoms. The number of piperidine rings is 1. The Morgan fingerprint density at radius 3 is 2.43 bits per heavy atom. The maximum atomic E-state index is 13.6. The average Bonchev–Trinajstić information content (AvgIpc) is 2.59. The van der Waals surface area contributed by atoms with Crippen molar-refractivity contribution in [3.05, 3.63) is 53.8 Å². The Hall–Kier alpha value is -2.07. The zero-order valence-corrected chi connectivity index (χ0v) is 13.3. The van der Waals surface area contributed by atoms with Gasteiger partial charge in [0.25, 0.3) is 0 Å². The topological polar surface area (TPSA) is 30.5 Å². The third-order valence-corrected chi connectivity index (χ3v) is 4.28. The molecule has 2 aromatic carbocycles. The molecule has 0 amide bonds. The minimum atomic E-state index is -0.275. The van der Waals surface area contributed by atoms with E-state index in [1.165, 1.54) is 12.1 Å². The molecule has 122 valence electrons. The summed E-state index contributed by atoms with van der Waals surface area (Å²) in [4.78, 5) is 0. The van der Waals surface area contributed by atoms with Gasteiger partial charge in [0.05, 0.1) is 7.11 Å². The zero-order valence-electron chi connectivity index (χ0n) is 13.3. The molecule has 0 spiro atoms. The largest absolute Gasteiger partial charge is 0.497 e. The molecule has 2 aromatic rings. The highest BCUT2D eigenvalue weighted by Gasteiger charge is 2.16. The van der Waals surface area contributed by atoms with Crippen LogP contribution in [0.15, 0.2) is 42.5 Å². The van der Waals surface area contributed by atoms with Crippen molar-refractivity contribution in [3.8, 4) is 17.2 Å². The van der Waals surface area contributed by atoms with Crippen LogP contribution in [0.25, 0.3) is 0 Å².